The highest BCUT2D eigenvalue weighted by Crippen LogP contribution is 2.45. The number of pyridine rings is 2. The molecule has 6 aromatic rings. The number of aryl methyl sites for hydroxylation is 1. The molecule has 0 bridgehead atoms. The molecular formula is C50H52N2Si+2. The van der Waals surface area contributed by atoms with Crippen LogP contribution in [0.5, 0.6) is 0 Å². The van der Waals surface area contributed by atoms with E-state index in [2.05, 4.69) is 162 Å². The summed E-state index contributed by atoms with van der Waals surface area (Å²) < 4.78 is 5.17. The first-order valence-corrected chi connectivity index (χ1v) is 23.5. The van der Waals surface area contributed by atoms with Crippen LogP contribution in [0.15, 0.2) is 140 Å². The van der Waals surface area contributed by atoms with Crippen molar-refractivity contribution < 1.29 is 9.13 Å². The molecule has 1 aliphatic carbocycles. The minimum Gasteiger partial charge on any atom is -0.194 e. The van der Waals surface area contributed by atoms with Crippen LogP contribution in [0.3, 0.4) is 0 Å². The molecule has 2 unspecified atom stereocenters. The van der Waals surface area contributed by atoms with Crippen molar-refractivity contribution in [3.63, 3.8) is 0 Å². The normalized spacial score (nSPS) is 18.4. The summed E-state index contributed by atoms with van der Waals surface area (Å²) in [5.41, 5.74) is 16.0. The maximum absolute atomic E-state index is 4.95. The zero-order valence-corrected chi connectivity index (χ0v) is 32.7. The van der Waals surface area contributed by atoms with Gasteiger partial charge < -0.3 is 0 Å². The first kappa shape index (κ1) is 33.9. The Hall–Kier alpha value is -4.86. The molecule has 3 heteroatoms. The van der Waals surface area contributed by atoms with Crippen LogP contribution in [-0.4, -0.2) is 8.07 Å². The molecule has 2 aromatic heterocycles. The van der Waals surface area contributed by atoms with E-state index < -0.39 is 8.07 Å². The molecule has 0 amide bonds. The first-order valence-electron chi connectivity index (χ1n) is 20.0. The SMILES string of the molecule is C=C1CC2C(CCc3ccccc3-c3ccc(-c4ccccc4-c4ccccc4)c[n+]31)c1ccccc1-c1cc(CC3CCCC3)c([Si](C)(C)C)c[n+]12. The molecule has 0 spiro atoms. The molecule has 3 aliphatic rings. The van der Waals surface area contributed by atoms with Crippen LogP contribution in [0.1, 0.15) is 67.2 Å². The van der Waals surface area contributed by atoms with E-state index in [1.54, 1.807) is 10.8 Å². The Labute approximate surface area is 317 Å². The number of hydrogen-bond acceptors (Lipinski definition) is 0. The molecule has 53 heavy (non-hydrogen) atoms. The lowest BCUT2D eigenvalue weighted by molar-refractivity contribution is -0.719. The van der Waals surface area contributed by atoms with Gasteiger partial charge in [0.25, 0.3) is 0 Å². The molecule has 1 saturated carbocycles. The second-order valence-electron chi connectivity index (χ2n) is 16.9. The van der Waals surface area contributed by atoms with Gasteiger partial charge in [0, 0.05) is 39.9 Å². The topological polar surface area (TPSA) is 7.76 Å². The van der Waals surface area contributed by atoms with Gasteiger partial charge in [0.05, 0.1) is 14.5 Å². The van der Waals surface area contributed by atoms with Gasteiger partial charge >= 0.3 is 0 Å². The lowest BCUT2D eigenvalue weighted by Crippen LogP contribution is -2.54. The van der Waals surface area contributed by atoms with Crippen LogP contribution in [0.25, 0.3) is 50.5 Å². The van der Waals surface area contributed by atoms with Crippen molar-refractivity contribution in [2.75, 3.05) is 0 Å². The van der Waals surface area contributed by atoms with Gasteiger partial charge in [-0.05, 0) is 83.3 Å². The van der Waals surface area contributed by atoms with Crippen molar-refractivity contribution in [1.29, 1.82) is 0 Å². The van der Waals surface area contributed by atoms with Gasteiger partial charge in [0.1, 0.15) is 0 Å². The number of allylic oxidation sites excluding steroid dienone is 1. The van der Waals surface area contributed by atoms with E-state index in [1.807, 2.05) is 0 Å². The average Bonchev–Trinajstić information content (AvgIpc) is 3.70. The van der Waals surface area contributed by atoms with E-state index in [1.165, 1.54) is 88.0 Å². The average molecular weight is 709 g/mol. The maximum Gasteiger partial charge on any atom is 0.218 e. The van der Waals surface area contributed by atoms with Gasteiger partial charge in [-0.3, -0.25) is 0 Å². The Bertz CT molecular complexity index is 2330. The molecule has 9 rings (SSSR count). The van der Waals surface area contributed by atoms with Crippen molar-refractivity contribution in [2.45, 2.75) is 83.0 Å². The number of aromatic nitrogens is 2. The molecule has 2 atom stereocenters. The zero-order valence-electron chi connectivity index (χ0n) is 31.7. The Balaban J connectivity index is 1.21. The van der Waals surface area contributed by atoms with Crippen molar-refractivity contribution in [1.82, 2.24) is 0 Å². The predicted octanol–water partition coefficient (Wildman–Crippen LogP) is 11.4. The maximum atomic E-state index is 4.95. The second-order valence-corrected chi connectivity index (χ2v) is 22.0. The van der Waals surface area contributed by atoms with Crippen LogP contribution in [0.2, 0.25) is 19.6 Å². The number of benzene rings is 4. The minimum atomic E-state index is -1.65. The fourth-order valence-corrected chi connectivity index (χ4v) is 11.6. The van der Waals surface area contributed by atoms with Crippen molar-refractivity contribution >= 4 is 19.0 Å². The van der Waals surface area contributed by atoms with Crippen LogP contribution in [0, 0.1) is 5.92 Å². The first-order chi connectivity index (χ1) is 25.8. The highest BCUT2D eigenvalue weighted by Gasteiger charge is 2.44. The standard InChI is InChI=1S/C50H52N2Si/c1-35-30-48-46(44-24-14-15-25-45(44)49-32-40(31-36-16-8-9-17-36)50(34-52(48)49)53(2,3)4)28-26-38-20-10-11-23-43(38)47-29-27-39(33-51(35)47)42-22-13-12-21-41(42)37-18-6-5-7-19-37/h5-7,10-15,18-25,27,29,32-34,36,46,48H,1,8-9,16-17,26,28,30-31H2,2-4H3/q+2. The number of hydrogen-bond donors (Lipinski definition) is 0. The molecule has 4 heterocycles. The van der Waals surface area contributed by atoms with Gasteiger partial charge in [-0.1, -0.05) is 136 Å². The monoisotopic (exact) mass is 708 g/mol. The molecule has 0 N–H and O–H groups in total. The lowest BCUT2D eigenvalue weighted by Gasteiger charge is -2.33. The Kier molecular flexibility index (Phi) is 8.86. The summed E-state index contributed by atoms with van der Waals surface area (Å²) in [5.74, 6) is 1.20. The Morgan fingerprint density at radius 3 is 2.06 bits per heavy atom. The Morgan fingerprint density at radius 2 is 1.30 bits per heavy atom. The van der Waals surface area contributed by atoms with Gasteiger partial charge in [-0.15, -0.1) is 0 Å². The summed E-state index contributed by atoms with van der Waals surface area (Å²) >= 11 is 0. The van der Waals surface area contributed by atoms with Gasteiger partial charge in [-0.25, -0.2) is 0 Å². The highest BCUT2D eigenvalue weighted by atomic mass is 28.3. The van der Waals surface area contributed by atoms with Gasteiger partial charge in [0.15, 0.2) is 24.1 Å². The number of rotatable bonds is 5. The molecule has 264 valence electrons. The third-order valence-corrected chi connectivity index (χ3v) is 14.6. The summed E-state index contributed by atoms with van der Waals surface area (Å²) in [7, 11) is -1.65. The Morgan fingerprint density at radius 1 is 0.642 bits per heavy atom. The van der Waals surface area contributed by atoms with E-state index in [4.69, 9.17) is 6.58 Å². The number of nitrogens with zero attached hydrogens (tertiary/aromatic N) is 2. The molecule has 2 nitrogen and oxygen atoms in total. The van der Waals surface area contributed by atoms with Crippen molar-refractivity contribution in [3.05, 3.63) is 157 Å². The van der Waals surface area contributed by atoms with Gasteiger partial charge in [0.2, 0.25) is 11.4 Å². The minimum absolute atomic E-state index is 0.272. The van der Waals surface area contributed by atoms with E-state index in [9.17, 15) is 0 Å². The fourth-order valence-electron chi connectivity index (χ4n) is 9.90. The second kappa shape index (κ2) is 13.8. The molecular weight excluding hydrogens is 657 g/mol. The summed E-state index contributed by atoms with van der Waals surface area (Å²) in [6.45, 7) is 12.6. The van der Waals surface area contributed by atoms with Crippen LogP contribution < -0.4 is 14.3 Å². The molecule has 1 fully saturated rings. The summed E-state index contributed by atoms with van der Waals surface area (Å²) in [4.78, 5) is 0. The van der Waals surface area contributed by atoms with Crippen molar-refractivity contribution in [2.24, 2.45) is 5.92 Å². The molecule has 0 radical (unpaired) electrons. The summed E-state index contributed by atoms with van der Waals surface area (Å²) in [5, 5.41) is 1.65. The van der Waals surface area contributed by atoms with E-state index >= 15 is 0 Å². The highest BCUT2D eigenvalue weighted by molar-refractivity contribution is 6.89. The van der Waals surface area contributed by atoms with E-state index in [0.717, 1.165) is 30.9 Å². The molecule has 0 saturated heterocycles. The quantitative estimate of drug-likeness (QED) is 0.124. The smallest absolute Gasteiger partial charge is 0.194 e. The van der Waals surface area contributed by atoms with Crippen LogP contribution in [-0.2, 0) is 12.8 Å². The van der Waals surface area contributed by atoms with Crippen LogP contribution in [0.4, 0.5) is 0 Å². The zero-order chi connectivity index (χ0) is 36.1. The summed E-state index contributed by atoms with van der Waals surface area (Å²) in [6, 6.07) is 45.6. The molecule has 4 aromatic carbocycles. The largest absolute Gasteiger partial charge is 0.218 e. The van der Waals surface area contributed by atoms with Crippen molar-refractivity contribution in [3.8, 4) is 44.8 Å². The summed E-state index contributed by atoms with van der Waals surface area (Å²) in [6.07, 6.45) is 14.8. The molecule has 2 aliphatic heterocycles. The van der Waals surface area contributed by atoms with E-state index in [-0.39, 0.29) is 6.04 Å². The van der Waals surface area contributed by atoms with Gasteiger partial charge in [-0.2, -0.15) is 9.13 Å². The third-order valence-electron chi connectivity index (χ3n) is 12.5. The number of fused-ring (bicyclic) bond motifs is 9. The fraction of sp³-hybridized carbons (Fsp3) is 0.280. The third kappa shape index (κ3) is 6.33. The lowest BCUT2D eigenvalue weighted by atomic mass is 9.77. The van der Waals surface area contributed by atoms with E-state index in [0.29, 0.717) is 5.92 Å². The predicted molar refractivity (Wildman–Crippen MR) is 224 cm³/mol. The van der Waals surface area contributed by atoms with Crippen LogP contribution >= 0.6 is 0 Å².